The Labute approximate surface area is 165 Å². The van der Waals surface area contributed by atoms with Crippen molar-refractivity contribution >= 4 is 34.3 Å². The third kappa shape index (κ3) is 3.87. The van der Waals surface area contributed by atoms with Crippen LogP contribution in [0.15, 0.2) is 41.4 Å². The van der Waals surface area contributed by atoms with Crippen molar-refractivity contribution in [1.82, 2.24) is 4.57 Å². The van der Waals surface area contributed by atoms with Gasteiger partial charge >= 0.3 is 6.18 Å². The number of thiocarbonyl (C=S) groups is 1. The summed E-state index contributed by atoms with van der Waals surface area (Å²) in [6.07, 6.45) is -3.12. The lowest BCUT2D eigenvalue weighted by Crippen LogP contribution is -2.11. The van der Waals surface area contributed by atoms with Gasteiger partial charge in [-0.2, -0.15) is 13.2 Å². The summed E-state index contributed by atoms with van der Waals surface area (Å²) < 4.78 is 41.1. The Morgan fingerprint density at radius 1 is 1.18 bits per heavy atom. The molecule has 3 N–H and O–H groups in total. The van der Waals surface area contributed by atoms with Crippen LogP contribution in [0.25, 0.3) is 16.6 Å². The van der Waals surface area contributed by atoms with Crippen molar-refractivity contribution < 1.29 is 18.3 Å². The largest absolute Gasteiger partial charge is 0.494 e. The number of hydrogen-bond acceptors (Lipinski definition) is 3. The smallest absolute Gasteiger partial charge is 0.416 e. The summed E-state index contributed by atoms with van der Waals surface area (Å²) in [5.41, 5.74) is 7.58. The zero-order chi connectivity index (χ0) is 20.6. The van der Waals surface area contributed by atoms with E-state index in [4.69, 9.17) is 18.0 Å². The first-order valence-electron chi connectivity index (χ1n) is 8.39. The quantitative estimate of drug-likeness (QED) is 0.490. The van der Waals surface area contributed by atoms with Crippen LogP contribution in [0.5, 0.6) is 5.88 Å². The number of rotatable bonds is 4. The molecule has 1 aromatic heterocycles. The average molecular weight is 405 g/mol. The van der Waals surface area contributed by atoms with Gasteiger partial charge in [0, 0.05) is 17.3 Å². The van der Waals surface area contributed by atoms with Gasteiger partial charge in [0.2, 0.25) is 5.88 Å². The summed E-state index contributed by atoms with van der Waals surface area (Å²) in [4.78, 5) is 4.25. The van der Waals surface area contributed by atoms with Crippen LogP contribution in [-0.2, 0) is 6.18 Å². The maximum atomic E-state index is 13.3. The molecule has 146 valence electrons. The number of alkyl halides is 3. The Bertz CT molecular complexity index is 1080. The molecule has 0 saturated carbocycles. The molecule has 0 unspecified atom stereocenters. The van der Waals surface area contributed by atoms with Gasteiger partial charge in [-0.3, -0.25) is 9.56 Å². The molecule has 1 heterocycles. The van der Waals surface area contributed by atoms with Gasteiger partial charge in [0.1, 0.15) is 0 Å². The number of nitrogens with zero attached hydrogens (tertiary/aromatic N) is 2. The van der Waals surface area contributed by atoms with E-state index < -0.39 is 11.7 Å². The van der Waals surface area contributed by atoms with Crippen LogP contribution in [0.4, 0.5) is 13.2 Å². The molecule has 0 bridgehead atoms. The maximum absolute atomic E-state index is 13.3. The molecular weight excluding hydrogens is 387 g/mol. The number of nitrogens with two attached hydrogens (primary N) is 1. The van der Waals surface area contributed by atoms with E-state index in [2.05, 4.69) is 4.99 Å². The minimum atomic E-state index is -4.50. The number of aliphatic imine (C=N–C) groups is 1. The normalized spacial score (nSPS) is 12.2. The van der Waals surface area contributed by atoms with Gasteiger partial charge in [-0.15, -0.1) is 0 Å². The van der Waals surface area contributed by atoms with E-state index in [-0.39, 0.29) is 22.9 Å². The maximum Gasteiger partial charge on any atom is 0.416 e. The van der Waals surface area contributed by atoms with Crippen LogP contribution >= 0.6 is 12.2 Å². The molecule has 0 aliphatic rings. The number of fused-ring (bicyclic) bond motifs is 1. The van der Waals surface area contributed by atoms with Gasteiger partial charge in [-0.05, 0) is 49.2 Å². The fourth-order valence-electron chi connectivity index (χ4n) is 3.17. The van der Waals surface area contributed by atoms with Gasteiger partial charge in [0.15, 0.2) is 0 Å². The van der Waals surface area contributed by atoms with Crippen molar-refractivity contribution in [2.45, 2.75) is 20.0 Å². The van der Waals surface area contributed by atoms with Crippen molar-refractivity contribution in [3.05, 3.63) is 58.7 Å². The van der Waals surface area contributed by atoms with Crippen LogP contribution in [0, 0.1) is 13.8 Å². The van der Waals surface area contributed by atoms with Gasteiger partial charge in [0.25, 0.3) is 0 Å². The predicted molar refractivity (Wildman–Crippen MR) is 109 cm³/mol. The average Bonchev–Trinajstić information content (AvgIpc) is 2.84. The molecule has 28 heavy (non-hydrogen) atoms. The summed E-state index contributed by atoms with van der Waals surface area (Å²) in [5, 5.41) is 11.3. The number of hydrogen-bond donors (Lipinski definition) is 2. The van der Waals surface area contributed by atoms with Gasteiger partial charge < -0.3 is 10.8 Å². The van der Waals surface area contributed by atoms with Gasteiger partial charge in [-0.1, -0.05) is 24.4 Å². The number of aryl methyl sites for hydroxylation is 2. The lowest BCUT2D eigenvalue weighted by molar-refractivity contribution is -0.137. The predicted octanol–water partition coefficient (Wildman–Crippen LogP) is 4.68. The summed E-state index contributed by atoms with van der Waals surface area (Å²) in [7, 11) is 0. The molecule has 3 rings (SSSR count). The zero-order valence-corrected chi connectivity index (χ0v) is 16.0. The van der Waals surface area contributed by atoms with Crippen molar-refractivity contribution in [3.63, 3.8) is 0 Å². The Balaban J connectivity index is 2.32. The summed E-state index contributed by atoms with van der Waals surface area (Å²) >= 11 is 4.78. The third-order valence-corrected chi connectivity index (χ3v) is 4.37. The molecule has 2 aromatic carbocycles. The first-order valence-corrected chi connectivity index (χ1v) is 8.80. The lowest BCUT2D eigenvalue weighted by atomic mass is 10.1. The molecule has 0 amide bonds. The summed E-state index contributed by atoms with van der Waals surface area (Å²) in [6, 6.07) is 8.87. The van der Waals surface area contributed by atoms with Crippen molar-refractivity contribution in [2.24, 2.45) is 10.7 Å². The van der Waals surface area contributed by atoms with E-state index in [1.807, 2.05) is 19.9 Å². The number of halogens is 3. The number of aromatic nitrogens is 1. The molecule has 0 radical (unpaired) electrons. The fourth-order valence-corrected chi connectivity index (χ4v) is 3.25. The Morgan fingerprint density at radius 3 is 2.39 bits per heavy atom. The van der Waals surface area contributed by atoms with Crippen molar-refractivity contribution in [3.8, 4) is 11.6 Å². The van der Waals surface area contributed by atoms with Crippen molar-refractivity contribution in [2.75, 3.05) is 6.54 Å². The van der Waals surface area contributed by atoms with Crippen LogP contribution in [-0.4, -0.2) is 27.4 Å². The van der Waals surface area contributed by atoms with Gasteiger partial charge in [0.05, 0.1) is 28.2 Å². The van der Waals surface area contributed by atoms with Crippen LogP contribution in [0.3, 0.4) is 0 Å². The van der Waals surface area contributed by atoms with E-state index in [1.54, 1.807) is 12.1 Å². The minimum absolute atomic E-state index is 0.0750. The Kier molecular flexibility index (Phi) is 5.16. The second-order valence-corrected chi connectivity index (χ2v) is 7.11. The van der Waals surface area contributed by atoms with E-state index in [0.29, 0.717) is 16.6 Å². The van der Waals surface area contributed by atoms with Crippen molar-refractivity contribution in [1.29, 1.82) is 0 Å². The molecule has 4 nitrogen and oxygen atoms in total. The first-order chi connectivity index (χ1) is 13.1. The third-order valence-electron chi connectivity index (χ3n) is 4.24. The van der Waals surface area contributed by atoms with Crippen LogP contribution in [0.1, 0.15) is 22.3 Å². The Hall–Kier alpha value is -2.87. The second kappa shape index (κ2) is 7.27. The van der Waals surface area contributed by atoms with E-state index >= 15 is 0 Å². The number of benzene rings is 2. The first kappa shape index (κ1) is 19.9. The summed E-state index contributed by atoms with van der Waals surface area (Å²) in [6.45, 7) is 3.83. The van der Waals surface area contributed by atoms with E-state index in [9.17, 15) is 18.3 Å². The molecular formula is C20H18F3N3OS. The summed E-state index contributed by atoms with van der Waals surface area (Å²) in [5.74, 6) is -0.203. The topological polar surface area (TPSA) is 63.5 Å². The monoisotopic (exact) mass is 405 g/mol. The SMILES string of the molecule is Cc1cc(C)cc(-n2c(O)c(C=NCC(N)=S)c3ccc(C(F)(F)F)cc32)c1. The zero-order valence-electron chi connectivity index (χ0n) is 15.2. The molecule has 0 aliphatic heterocycles. The molecule has 0 aliphatic carbocycles. The highest BCUT2D eigenvalue weighted by Crippen LogP contribution is 2.38. The molecule has 0 fully saturated rings. The van der Waals surface area contributed by atoms with Crippen LogP contribution < -0.4 is 5.73 Å². The van der Waals surface area contributed by atoms with E-state index in [1.165, 1.54) is 16.8 Å². The van der Waals surface area contributed by atoms with E-state index in [0.717, 1.165) is 23.3 Å². The lowest BCUT2D eigenvalue weighted by Gasteiger charge is -2.11. The molecule has 0 atom stereocenters. The molecule has 8 heteroatoms. The number of aromatic hydroxyl groups is 1. The molecule has 3 aromatic rings. The standard InChI is InChI=1S/C20H18F3N3OS/c1-11-5-12(2)7-14(6-11)26-17-8-13(20(21,22)23)3-4-15(17)16(19(26)27)9-25-10-18(24)28/h3-9,27H,10H2,1-2H3,(H2,24,28). The Morgan fingerprint density at radius 2 is 1.82 bits per heavy atom. The highest BCUT2D eigenvalue weighted by molar-refractivity contribution is 7.80. The second-order valence-electron chi connectivity index (χ2n) is 6.58. The highest BCUT2D eigenvalue weighted by atomic mass is 32.1. The molecule has 0 saturated heterocycles. The van der Waals surface area contributed by atoms with Gasteiger partial charge in [-0.25, -0.2) is 0 Å². The minimum Gasteiger partial charge on any atom is -0.494 e. The van der Waals surface area contributed by atoms with Crippen LogP contribution in [0.2, 0.25) is 0 Å². The highest BCUT2D eigenvalue weighted by Gasteiger charge is 2.31. The fraction of sp³-hybridized carbons (Fsp3) is 0.200. The molecule has 0 spiro atoms.